The van der Waals surface area contributed by atoms with Gasteiger partial charge in [-0.25, -0.2) is 18.0 Å². The Bertz CT molecular complexity index is 763. The number of benzene rings is 1. The number of morpholine rings is 1. The maximum Gasteiger partial charge on any atom is 0.344 e. The van der Waals surface area contributed by atoms with Crippen molar-refractivity contribution in [1.29, 1.82) is 0 Å². The van der Waals surface area contributed by atoms with Crippen LogP contribution in [0.4, 0.5) is 0 Å². The largest absolute Gasteiger partial charge is 0.460 e. The monoisotopic (exact) mass is 399 g/mol. The highest BCUT2D eigenvalue weighted by Crippen LogP contribution is 2.21. The Kier molecular flexibility index (Phi) is 6.96. The SMILES string of the molecule is CC(C)OC(=O)COC(=O)c1ccc(S(=O)(=O)N2CC(C)OC(C)C2)cc1. The number of hydrogen-bond donors (Lipinski definition) is 0. The van der Waals surface area contributed by atoms with Crippen LogP contribution in [-0.4, -0.2) is 62.7 Å². The van der Waals surface area contributed by atoms with Gasteiger partial charge in [0.05, 0.1) is 28.8 Å². The first-order valence-electron chi connectivity index (χ1n) is 8.72. The van der Waals surface area contributed by atoms with E-state index in [0.29, 0.717) is 0 Å². The maximum absolute atomic E-state index is 12.8. The van der Waals surface area contributed by atoms with E-state index in [2.05, 4.69) is 0 Å². The second-order valence-electron chi connectivity index (χ2n) is 6.72. The highest BCUT2D eigenvalue weighted by molar-refractivity contribution is 7.89. The van der Waals surface area contributed by atoms with Crippen molar-refractivity contribution < 1.29 is 32.2 Å². The van der Waals surface area contributed by atoms with Gasteiger partial charge >= 0.3 is 11.9 Å². The molecule has 8 nitrogen and oxygen atoms in total. The van der Waals surface area contributed by atoms with Crippen LogP contribution in [0.2, 0.25) is 0 Å². The van der Waals surface area contributed by atoms with Gasteiger partial charge in [0, 0.05) is 13.1 Å². The molecule has 0 N–H and O–H groups in total. The molecule has 0 amide bonds. The summed E-state index contributed by atoms with van der Waals surface area (Å²) in [5.74, 6) is -1.37. The number of rotatable bonds is 6. The Balaban J connectivity index is 2.03. The van der Waals surface area contributed by atoms with Gasteiger partial charge in [-0.15, -0.1) is 0 Å². The van der Waals surface area contributed by atoms with E-state index < -0.39 is 28.6 Å². The van der Waals surface area contributed by atoms with Crippen molar-refractivity contribution in [1.82, 2.24) is 4.31 Å². The quantitative estimate of drug-likeness (QED) is 0.670. The Hall–Kier alpha value is -1.97. The molecule has 0 saturated carbocycles. The molecule has 1 aliphatic heterocycles. The van der Waals surface area contributed by atoms with Gasteiger partial charge in [-0.2, -0.15) is 4.31 Å². The van der Waals surface area contributed by atoms with Crippen LogP contribution >= 0.6 is 0 Å². The number of hydrogen-bond acceptors (Lipinski definition) is 7. The molecule has 2 rings (SSSR count). The lowest BCUT2D eigenvalue weighted by atomic mass is 10.2. The van der Waals surface area contributed by atoms with E-state index in [1.807, 2.05) is 13.8 Å². The zero-order valence-electron chi connectivity index (χ0n) is 15.9. The molecular formula is C18H25NO7S. The number of nitrogens with zero attached hydrogens (tertiary/aromatic N) is 1. The number of carbonyl (C=O) groups excluding carboxylic acids is 2. The van der Waals surface area contributed by atoms with E-state index in [0.717, 1.165) is 0 Å². The zero-order valence-corrected chi connectivity index (χ0v) is 16.7. The second-order valence-corrected chi connectivity index (χ2v) is 8.66. The van der Waals surface area contributed by atoms with Crippen LogP contribution in [0.25, 0.3) is 0 Å². The van der Waals surface area contributed by atoms with Crippen molar-refractivity contribution in [3.63, 3.8) is 0 Å². The van der Waals surface area contributed by atoms with Gasteiger partial charge in [0.15, 0.2) is 6.61 Å². The molecule has 1 aromatic rings. The Morgan fingerprint density at radius 2 is 1.70 bits per heavy atom. The molecule has 1 fully saturated rings. The van der Waals surface area contributed by atoms with Gasteiger partial charge in [0.2, 0.25) is 10.0 Å². The summed E-state index contributed by atoms with van der Waals surface area (Å²) in [4.78, 5) is 23.5. The van der Waals surface area contributed by atoms with Gasteiger partial charge in [-0.3, -0.25) is 0 Å². The number of ether oxygens (including phenoxy) is 3. The van der Waals surface area contributed by atoms with E-state index in [1.54, 1.807) is 13.8 Å². The molecule has 2 unspecified atom stereocenters. The number of carbonyl (C=O) groups is 2. The molecule has 0 bridgehead atoms. The zero-order chi connectivity index (χ0) is 20.2. The first-order valence-corrected chi connectivity index (χ1v) is 10.2. The van der Waals surface area contributed by atoms with Crippen molar-refractivity contribution in [2.75, 3.05) is 19.7 Å². The van der Waals surface area contributed by atoms with Crippen LogP contribution in [0.15, 0.2) is 29.2 Å². The summed E-state index contributed by atoms with van der Waals surface area (Å²) in [7, 11) is -3.68. The summed E-state index contributed by atoms with van der Waals surface area (Å²) in [6.45, 7) is 7.07. The molecule has 0 radical (unpaired) electrons. The van der Waals surface area contributed by atoms with Crippen molar-refractivity contribution >= 4 is 22.0 Å². The lowest BCUT2D eigenvalue weighted by molar-refractivity contribution is -0.150. The van der Waals surface area contributed by atoms with Crippen LogP contribution in [0.5, 0.6) is 0 Å². The molecule has 27 heavy (non-hydrogen) atoms. The topological polar surface area (TPSA) is 99.2 Å². The van der Waals surface area contributed by atoms with Gasteiger partial charge in [-0.05, 0) is 52.0 Å². The van der Waals surface area contributed by atoms with E-state index in [-0.39, 0.29) is 41.9 Å². The van der Waals surface area contributed by atoms with Gasteiger partial charge < -0.3 is 14.2 Å². The fourth-order valence-electron chi connectivity index (χ4n) is 2.74. The lowest BCUT2D eigenvalue weighted by Crippen LogP contribution is -2.48. The average molecular weight is 399 g/mol. The molecular weight excluding hydrogens is 374 g/mol. The molecule has 1 saturated heterocycles. The Morgan fingerprint density at radius 1 is 1.15 bits per heavy atom. The van der Waals surface area contributed by atoms with Crippen LogP contribution in [0.1, 0.15) is 38.1 Å². The minimum Gasteiger partial charge on any atom is -0.460 e. The molecule has 1 aliphatic rings. The van der Waals surface area contributed by atoms with Crippen LogP contribution in [-0.2, 0) is 29.0 Å². The first kappa shape index (κ1) is 21.3. The van der Waals surface area contributed by atoms with Crippen molar-refractivity contribution in [3.8, 4) is 0 Å². The van der Waals surface area contributed by atoms with Crippen LogP contribution in [0.3, 0.4) is 0 Å². The highest BCUT2D eigenvalue weighted by Gasteiger charge is 2.32. The van der Waals surface area contributed by atoms with Crippen molar-refractivity contribution in [2.45, 2.75) is 50.9 Å². The third-order valence-corrected chi connectivity index (χ3v) is 5.65. The minimum atomic E-state index is -3.68. The summed E-state index contributed by atoms with van der Waals surface area (Å²) in [6.07, 6.45) is -0.682. The fourth-order valence-corrected chi connectivity index (χ4v) is 4.33. The molecule has 0 spiro atoms. The predicted octanol–water partition coefficient (Wildman–Crippen LogP) is 1.59. The lowest BCUT2D eigenvalue weighted by Gasteiger charge is -2.34. The van der Waals surface area contributed by atoms with Gasteiger partial charge in [0.1, 0.15) is 0 Å². The minimum absolute atomic E-state index is 0.0829. The summed E-state index contributed by atoms with van der Waals surface area (Å²) in [5, 5.41) is 0. The summed E-state index contributed by atoms with van der Waals surface area (Å²) >= 11 is 0. The van der Waals surface area contributed by atoms with Gasteiger partial charge in [-0.1, -0.05) is 0 Å². The summed E-state index contributed by atoms with van der Waals surface area (Å²) in [5.41, 5.74) is 0.148. The fraction of sp³-hybridized carbons (Fsp3) is 0.556. The smallest absolute Gasteiger partial charge is 0.344 e. The molecule has 9 heteroatoms. The summed E-state index contributed by atoms with van der Waals surface area (Å²) in [6, 6.07) is 5.42. The molecule has 150 valence electrons. The molecule has 2 atom stereocenters. The molecule has 1 aromatic carbocycles. The average Bonchev–Trinajstić information content (AvgIpc) is 2.58. The van der Waals surface area contributed by atoms with E-state index >= 15 is 0 Å². The summed E-state index contributed by atoms with van der Waals surface area (Å²) < 4.78 is 42.2. The van der Waals surface area contributed by atoms with E-state index in [1.165, 1.54) is 28.6 Å². The molecule has 1 heterocycles. The first-order chi connectivity index (χ1) is 12.6. The third kappa shape index (κ3) is 5.75. The number of esters is 2. The van der Waals surface area contributed by atoms with Crippen molar-refractivity contribution in [2.24, 2.45) is 0 Å². The Labute approximate surface area is 159 Å². The maximum atomic E-state index is 12.8. The molecule has 0 aliphatic carbocycles. The molecule has 0 aromatic heterocycles. The standard InChI is InChI=1S/C18H25NO7S/c1-12(2)25-17(20)11-24-18(21)15-5-7-16(8-6-15)27(22,23)19-9-13(3)26-14(4)10-19/h5-8,12-14H,9-11H2,1-4H3. The third-order valence-electron chi connectivity index (χ3n) is 3.80. The van der Waals surface area contributed by atoms with Crippen molar-refractivity contribution in [3.05, 3.63) is 29.8 Å². The van der Waals surface area contributed by atoms with E-state index in [9.17, 15) is 18.0 Å². The number of sulfonamides is 1. The van der Waals surface area contributed by atoms with Gasteiger partial charge in [0.25, 0.3) is 0 Å². The second kappa shape index (κ2) is 8.81. The predicted molar refractivity (Wildman–Crippen MR) is 96.7 cm³/mol. The van der Waals surface area contributed by atoms with Crippen LogP contribution < -0.4 is 0 Å². The van der Waals surface area contributed by atoms with E-state index in [4.69, 9.17) is 14.2 Å². The Morgan fingerprint density at radius 3 is 2.22 bits per heavy atom. The highest BCUT2D eigenvalue weighted by atomic mass is 32.2. The normalized spacial score (nSPS) is 21.1. The van der Waals surface area contributed by atoms with Crippen LogP contribution in [0, 0.1) is 0 Å².